The van der Waals surface area contributed by atoms with Crippen molar-refractivity contribution < 1.29 is 32.5 Å². The lowest BCUT2D eigenvalue weighted by Gasteiger charge is -2.19. The Morgan fingerprint density at radius 3 is 2.39 bits per heavy atom. The molecule has 1 rings (SSSR count). The molecule has 0 bridgehead atoms. The molecular formula is C12H17ClN2O3. The fourth-order valence-electron chi connectivity index (χ4n) is 1.46. The van der Waals surface area contributed by atoms with E-state index in [0.29, 0.717) is 19.6 Å². The van der Waals surface area contributed by atoms with Crippen LogP contribution in [0, 0.1) is 0 Å². The summed E-state index contributed by atoms with van der Waals surface area (Å²) in [6, 6.07) is 9.49. The van der Waals surface area contributed by atoms with Crippen molar-refractivity contribution in [1.29, 1.82) is 0 Å². The summed E-state index contributed by atoms with van der Waals surface area (Å²) in [6.07, 6.45) is 0. The molecule has 18 heavy (non-hydrogen) atoms. The minimum Gasteiger partial charge on any atom is -1.00 e. The second kappa shape index (κ2) is 8.49. The van der Waals surface area contributed by atoms with Gasteiger partial charge in [0.15, 0.2) is 0 Å². The number of carbonyl (C=O) groups excluding carboxylic acids is 2. The molecule has 5 nitrogen and oxygen atoms in total. The highest BCUT2D eigenvalue weighted by molar-refractivity contribution is 6.32. The maximum Gasteiger partial charge on any atom is 0.396 e. The van der Waals surface area contributed by atoms with Gasteiger partial charge in [-0.05, 0) is 5.56 Å². The van der Waals surface area contributed by atoms with Gasteiger partial charge >= 0.3 is 11.9 Å². The Morgan fingerprint density at radius 1 is 1.28 bits per heavy atom. The quantitative estimate of drug-likeness (QED) is 0.455. The first-order chi connectivity index (χ1) is 8.19. The molecular weight excluding hydrogens is 256 g/mol. The maximum atomic E-state index is 11.7. The number of rotatable bonds is 4. The maximum absolute atomic E-state index is 11.7. The van der Waals surface area contributed by atoms with Crippen molar-refractivity contribution in [2.24, 2.45) is 0 Å². The normalized spacial score (nSPS) is 9.22. The highest BCUT2D eigenvalue weighted by Gasteiger charge is 2.22. The van der Waals surface area contributed by atoms with Crippen molar-refractivity contribution >= 4 is 11.9 Å². The lowest BCUT2D eigenvalue weighted by Crippen LogP contribution is -3.00. The number of halogens is 1. The lowest BCUT2D eigenvalue weighted by molar-refractivity contribution is -0.368. The molecule has 1 aromatic carbocycles. The summed E-state index contributed by atoms with van der Waals surface area (Å²) in [7, 11) is 1.20. The zero-order valence-corrected chi connectivity index (χ0v) is 11.0. The highest BCUT2D eigenvalue weighted by atomic mass is 35.5. The topological polar surface area (TPSA) is 74.2 Å². The Morgan fingerprint density at radius 2 is 1.89 bits per heavy atom. The van der Waals surface area contributed by atoms with Crippen LogP contribution in [-0.2, 0) is 20.9 Å². The van der Waals surface area contributed by atoms with Gasteiger partial charge in [0.2, 0.25) is 0 Å². The van der Waals surface area contributed by atoms with Crippen LogP contribution in [0.5, 0.6) is 0 Å². The zero-order valence-electron chi connectivity index (χ0n) is 10.3. The third kappa shape index (κ3) is 4.73. The summed E-state index contributed by atoms with van der Waals surface area (Å²) in [6.45, 7) is 1.38. The van der Waals surface area contributed by atoms with Crippen LogP contribution in [0.1, 0.15) is 5.56 Å². The number of ether oxygens (including phenoxy) is 1. The summed E-state index contributed by atoms with van der Waals surface area (Å²) in [4.78, 5) is 24.3. The third-order valence-electron chi connectivity index (χ3n) is 2.29. The standard InChI is InChI=1S/C12H16N2O3.ClH/c1-17-12(16)11(15)14(8-7-13)9-10-5-3-2-4-6-10;/h2-6H,7-9,13H2,1H3;1H. The molecule has 0 aliphatic carbocycles. The molecule has 0 fully saturated rings. The van der Waals surface area contributed by atoms with Crippen molar-refractivity contribution in [2.45, 2.75) is 6.54 Å². The molecule has 1 amide bonds. The van der Waals surface area contributed by atoms with E-state index in [1.54, 1.807) is 0 Å². The van der Waals surface area contributed by atoms with E-state index >= 15 is 0 Å². The van der Waals surface area contributed by atoms with E-state index in [4.69, 9.17) is 0 Å². The van der Waals surface area contributed by atoms with Crippen molar-refractivity contribution in [2.75, 3.05) is 20.2 Å². The molecule has 0 heterocycles. The molecule has 0 saturated heterocycles. The van der Waals surface area contributed by atoms with Gasteiger partial charge in [0.05, 0.1) is 20.2 Å². The Bertz CT molecular complexity index is 384. The number of esters is 1. The van der Waals surface area contributed by atoms with Gasteiger partial charge in [-0.1, -0.05) is 30.3 Å². The summed E-state index contributed by atoms with van der Waals surface area (Å²) < 4.78 is 4.43. The SMILES string of the molecule is COC(=O)C(=O)N(CC[NH3+])Cc1ccccc1.[Cl-]. The molecule has 0 saturated carbocycles. The second-order valence-corrected chi connectivity index (χ2v) is 3.56. The van der Waals surface area contributed by atoms with Crippen LogP contribution in [-0.4, -0.2) is 37.0 Å². The smallest absolute Gasteiger partial charge is 0.396 e. The molecule has 0 aromatic heterocycles. The average Bonchev–Trinajstić information content (AvgIpc) is 2.37. The number of hydrogen-bond acceptors (Lipinski definition) is 3. The van der Waals surface area contributed by atoms with Crippen LogP contribution in [0.25, 0.3) is 0 Å². The molecule has 100 valence electrons. The first-order valence-corrected chi connectivity index (χ1v) is 5.39. The van der Waals surface area contributed by atoms with E-state index in [2.05, 4.69) is 10.5 Å². The van der Waals surface area contributed by atoms with Crippen LogP contribution in [0.15, 0.2) is 30.3 Å². The van der Waals surface area contributed by atoms with Gasteiger partial charge in [0.1, 0.15) is 0 Å². The van der Waals surface area contributed by atoms with Crippen LogP contribution >= 0.6 is 0 Å². The van der Waals surface area contributed by atoms with E-state index in [9.17, 15) is 9.59 Å². The predicted molar refractivity (Wildman–Crippen MR) is 61.6 cm³/mol. The van der Waals surface area contributed by atoms with E-state index < -0.39 is 11.9 Å². The number of nitrogens with zero attached hydrogens (tertiary/aromatic N) is 1. The van der Waals surface area contributed by atoms with Gasteiger partial charge in [-0.3, -0.25) is 4.79 Å². The molecule has 6 heteroatoms. The average molecular weight is 273 g/mol. The summed E-state index contributed by atoms with van der Waals surface area (Å²) >= 11 is 0. The fourth-order valence-corrected chi connectivity index (χ4v) is 1.46. The molecule has 0 spiro atoms. The summed E-state index contributed by atoms with van der Waals surface area (Å²) in [5, 5.41) is 0. The van der Waals surface area contributed by atoms with E-state index in [1.807, 2.05) is 30.3 Å². The van der Waals surface area contributed by atoms with Gasteiger partial charge in [-0.15, -0.1) is 0 Å². The van der Waals surface area contributed by atoms with Crippen molar-refractivity contribution in [3.05, 3.63) is 35.9 Å². The van der Waals surface area contributed by atoms with Crippen molar-refractivity contribution in [1.82, 2.24) is 4.90 Å². The van der Waals surface area contributed by atoms with E-state index in [-0.39, 0.29) is 12.4 Å². The number of amides is 1. The molecule has 0 aliphatic heterocycles. The fraction of sp³-hybridized carbons (Fsp3) is 0.333. The second-order valence-electron chi connectivity index (χ2n) is 3.56. The van der Waals surface area contributed by atoms with E-state index in [0.717, 1.165) is 5.56 Å². The Hall–Kier alpha value is -1.59. The number of benzene rings is 1. The van der Waals surface area contributed by atoms with Crippen molar-refractivity contribution in [3.63, 3.8) is 0 Å². The Balaban J connectivity index is 0.00000289. The molecule has 1 aromatic rings. The van der Waals surface area contributed by atoms with Crippen LogP contribution < -0.4 is 18.1 Å². The number of carbonyl (C=O) groups is 2. The zero-order chi connectivity index (χ0) is 12.7. The van der Waals surface area contributed by atoms with Crippen LogP contribution in [0.2, 0.25) is 0 Å². The van der Waals surface area contributed by atoms with Gasteiger partial charge in [-0.25, -0.2) is 4.79 Å². The molecule has 0 radical (unpaired) electrons. The molecule has 0 aliphatic rings. The highest BCUT2D eigenvalue weighted by Crippen LogP contribution is 2.04. The summed E-state index contributed by atoms with van der Waals surface area (Å²) in [5.41, 5.74) is 4.66. The number of hydrogen-bond donors (Lipinski definition) is 1. The minimum absolute atomic E-state index is 0. The van der Waals surface area contributed by atoms with Gasteiger partial charge < -0.3 is 27.8 Å². The molecule has 3 N–H and O–H groups in total. The largest absolute Gasteiger partial charge is 1.00 e. The number of methoxy groups -OCH3 is 1. The number of quaternary nitrogens is 1. The summed E-state index contributed by atoms with van der Waals surface area (Å²) in [5.74, 6) is -1.46. The van der Waals surface area contributed by atoms with Gasteiger partial charge in [-0.2, -0.15) is 0 Å². The minimum atomic E-state index is -0.839. The van der Waals surface area contributed by atoms with Gasteiger partial charge in [0, 0.05) is 6.54 Å². The van der Waals surface area contributed by atoms with Crippen LogP contribution in [0.3, 0.4) is 0 Å². The van der Waals surface area contributed by atoms with Crippen molar-refractivity contribution in [3.8, 4) is 0 Å². The third-order valence-corrected chi connectivity index (χ3v) is 2.29. The van der Waals surface area contributed by atoms with E-state index in [1.165, 1.54) is 12.0 Å². The predicted octanol–water partition coefficient (Wildman–Crippen LogP) is -3.57. The molecule has 0 unspecified atom stereocenters. The van der Waals surface area contributed by atoms with Crippen LogP contribution in [0.4, 0.5) is 0 Å². The Labute approximate surface area is 112 Å². The van der Waals surface area contributed by atoms with Gasteiger partial charge in [0.25, 0.3) is 0 Å². The first kappa shape index (κ1) is 16.4. The monoisotopic (exact) mass is 272 g/mol. The first-order valence-electron chi connectivity index (χ1n) is 5.39. The lowest BCUT2D eigenvalue weighted by atomic mass is 10.2. The molecule has 0 atom stereocenters. The Kier molecular flexibility index (Phi) is 7.74.